The molecule has 0 bridgehead atoms. The molecule has 0 fully saturated rings. The number of carbonyl (C=O) groups is 1. The number of rotatable bonds is 3. The van der Waals surface area contributed by atoms with Gasteiger partial charge in [-0.3, -0.25) is 4.79 Å². The standard InChI is InChI=1S/C14H19ClN2O3S/c1-10-7-12(15)8-11-5-4-6-17(14(10)11)13(18)9-16(2)21(3,19)20/h7-8H,4-6,9H2,1-3H3. The van der Waals surface area contributed by atoms with Gasteiger partial charge in [-0.25, -0.2) is 8.42 Å². The van der Waals surface area contributed by atoms with Gasteiger partial charge in [0.1, 0.15) is 0 Å². The van der Waals surface area contributed by atoms with Gasteiger partial charge in [-0.15, -0.1) is 0 Å². The Hall–Kier alpha value is -1.11. The molecule has 1 heterocycles. The summed E-state index contributed by atoms with van der Waals surface area (Å²) >= 11 is 6.06. The third kappa shape index (κ3) is 3.56. The zero-order chi connectivity index (χ0) is 15.8. The molecule has 1 aromatic rings. The van der Waals surface area contributed by atoms with Gasteiger partial charge in [0, 0.05) is 24.3 Å². The molecule has 2 rings (SSSR count). The Morgan fingerprint density at radius 1 is 1.43 bits per heavy atom. The van der Waals surface area contributed by atoms with Crippen LogP contribution >= 0.6 is 11.6 Å². The first-order valence-electron chi connectivity index (χ1n) is 6.71. The van der Waals surface area contributed by atoms with E-state index in [-0.39, 0.29) is 12.5 Å². The average Bonchev–Trinajstić information content (AvgIpc) is 2.36. The van der Waals surface area contributed by atoms with Crippen LogP contribution in [0.2, 0.25) is 5.02 Å². The van der Waals surface area contributed by atoms with E-state index < -0.39 is 10.0 Å². The summed E-state index contributed by atoms with van der Waals surface area (Å²) < 4.78 is 24.0. The van der Waals surface area contributed by atoms with E-state index in [0.29, 0.717) is 11.6 Å². The number of benzene rings is 1. The molecule has 1 amide bonds. The van der Waals surface area contributed by atoms with Gasteiger partial charge in [-0.05, 0) is 43.0 Å². The summed E-state index contributed by atoms with van der Waals surface area (Å²) in [6.45, 7) is 2.36. The molecule has 0 aliphatic carbocycles. The number of likely N-dealkylation sites (N-methyl/N-ethyl adjacent to an activating group) is 1. The first kappa shape index (κ1) is 16.3. The van der Waals surface area contributed by atoms with Crippen LogP contribution < -0.4 is 4.90 Å². The van der Waals surface area contributed by atoms with E-state index in [9.17, 15) is 13.2 Å². The lowest BCUT2D eigenvalue weighted by Gasteiger charge is -2.32. The molecule has 21 heavy (non-hydrogen) atoms. The van der Waals surface area contributed by atoms with Gasteiger partial charge >= 0.3 is 0 Å². The smallest absolute Gasteiger partial charge is 0.242 e. The van der Waals surface area contributed by atoms with Crippen molar-refractivity contribution in [2.75, 3.05) is 31.3 Å². The Bertz CT molecular complexity index is 673. The van der Waals surface area contributed by atoms with Gasteiger partial charge < -0.3 is 4.90 Å². The van der Waals surface area contributed by atoms with Gasteiger partial charge in [0.2, 0.25) is 15.9 Å². The highest BCUT2D eigenvalue weighted by atomic mass is 35.5. The van der Waals surface area contributed by atoms with Crippen LogP contribution in [-0.2, 0) is 21.2 Å². The maximum Gasteiger partial charge on any atom is 0.242 e. The Labute approximate surface area is 130 Å². The van der Waals surface area contributed by atoms with E-state index in [1.807, 2.05) is 19.1 Å². The van der Waals surface area contributed by atoms with E-state index in [2.05, 4.69) is 0 Å². The molecule has 7 heteroatoms. The zero-order valence-electron chi connectivity index (χ0n) is 12.4. The molecule has 0 aromatic heterocycles. The molecule has 5 nitrogen and oxygen atoms in total. The summed E-state index contributed by atoms with van der Waals surface area (Å²) in [5.41, 5.74) is 2.85. The van der Waals surface area contributed by atoms with Gasteiger partial charge in [0.05, 0.1) is 12.8 Å². The number of hydrogen-bond donors (Lipinski definition) is 0. The minimum absolute atomic E-state index is 0.152. The Kier molecular flexibility index (Phi) is 4.60. The number of anilines is 1. The molecular weight excluding hydrogens is 312 g/mol. The van der Waals surface area contributed by atoms with E-state index in [0.717, 1.165) is 40.2 Å². The van der Waals surface area contributed by atoms with E-state index in [4.69, 9.17) is 11.6 Å². The number of sulfonamides is 1. The molecule has 0 saturated carbocycles. The third-order valence-corrected chi connectivity index (χ3v) is 5.15. The lowest BCUT2D eigenvalue weighted by molar-refractivity contribution is -0.118. The quantitative estimate of drug-likeness (QED) is 0.849. The summed E-state index contributed by atoms with van der Waals surface area (Å²) in [6.07, 6.45) is 2.82. The van der Waals surface area contributed by atoms with Crippen LogP contribution in [-0.4, -0.2) is 45.0 Å². The summed E-state index contributed by atoms with van der Waals surface area (Å²) in [4.78, 5) is 14.1. The Balaban J connectivity index is 2.30. The molecule has 0 saturated heterocycles. The van der Waals surface area contributed by atoms with Crippen molar-refractivity contribution in [2.45, 2.75) is 19.8 Å². The van der Waals surface area contributed by atoms with E-state index in [1.54, 1.807) is 4.90 Å². The summed E-state index contributed by atoms with van der Waals surface area (Å²) in [5.74, 6) is -0.214. The average molecular weight is 331 g/mol. The summed E-state index contributed by atoms with van der Waals surface area (Å²) in [6, 6.07) is 3.70. The predicted octanol–water partition coefficient (Wildman–Crippen LogP) is 1.82. The second-order valence-corrected chi connectivity index (χ2v) is 7.92. The first-order valence-corrected chi connectivity index (χ1v) is 8.93. The molecular formula is C14H19ClN2O3S. The number of halogens is 1. The van der Waals surface area contributed by atoms with E-state index >= 15 is 0 Å². The van der Waals surface area contributed by atoms with Crippen molar-refractivity contribution in [1.82, 2.24) is 4.31 Å². The summed E-state index contributed by atoms with van der Waals surface area (Å²) in [5, 5.41) is 0.661. The van der Waals surface area contributed by atoms with Crippen LogP contribution in [0.4, 0.5) is 5.69 Å². The number of aryl methyl sites for hydroxylation is 2. The van der Waals surface area contributed by atoms with E-state index in [1.165, 1.54) is 7.05 Å². The van der Waals surface area contributed by atoms with Crippen LogP contribution in [0.15, 0.2) is 12.1 Å². The maximum absolute atomic E-state index is 12.4. The largest absolute Gasteiger partial charge is 0.311 e. The number of fused-ring (bicyclic) bond motifs is 1. The van der Waals surface area contributed by atoms with Gasteiger partial charge in [-0.2, -0.15) is 4.31 Å². The number of nitrogens with zero attached hydrogens (tertiary/aromatic N) is 2. The zero-order valence-corrected chi connectivity index (χ0v) is 14.0. The molecule has 1 aromatic carbocycles. The third-order valence-electron chi connectivity index (χ3n) is 3.67. The highest BCUT2D eigenvalue weighted by molar-refractivity contribution is 7.88. The molecule has 0 spiro atoms. The molecule has 0 unspecified atom stereocenters. The van der Waals surface area contributed by atoms with Gasteiger partial charge in [0.25, 0.3) is 0 Å². The van der Waals surface area contributed by atoms with Crippen molar-refractivity contribution < 1.29 is 13.2 Å². The number of carbonyl (C=O) groups excluding carboxylic acids is 1. The second kappa shape index (κ2) is 5.94. The van der Waals surface area contributed by atoms with Crippen molar-refractivity contribution in [3.63, 3.8) is 0 Å². The predicted molar refractivity (Wildman–Crippen MR) is 84.3 cm³/mol. The normalized spacial score (nSPS) is 15.2. The van der Waals surface area contributed by atoms with Crippen LogP contribution in [0.25, 0.3) is 0 Å². The monoisotopic (exact) mass is 330 g/mol. The molecule has 0 N–H and O–H groups in total. The molecule has 0 radical (unpaired) electrons. The Morgan fingerprint density at radius 3 is 2.71 bits per heavy atom. The minimum Gasteiger partial charge on any atom is -0.311 e. The fraction of sp³-hybridized carbons (Fsp3) is 0.500. The molecule has 116 valence electrons. The number of hydrogen-bond acceptors (Lipinski definition) is 3. The second-order valence-electron chi connectivity index (χ2n) is 5.40. The minimum atomic E-state index is -3.37. The van der Waals surface area contributed by atoms with Gasteiger partial charge in [0.15, 0.2) is 0 Å². The van der Waals surface area contributed by atoms with Crippen LogP contribution in [0.1, 0.15) is 17.5 Å². The first-order chi connectivity index (χ1) is 9.70. The molecule has 0 atom stereocenters. The van der Waals surface area contributed by atoms with Crippen molar-refractivity contribution in [3.05, 3.63) is 28.3 Å². The fourth-order valence-electron chi connectivity index (χ4n) is 2.56. The Morgan fingerprint density at radius 2 is 2.10 bits per heavy atom. The number of amides is 1. The van der Waals surface area contributed by atoms with Crippen molar-refractivity contribution in [1.29, 1.82) is 0 Å². The summed E-state index contributed by atoms with van der Waals surface area (Å²) in [7, 11) is -1.96. The highest BCUT2D eigenvalue weighted by Crippen LogP contribution is 2.33. The lowest BCUT2D eigenvalue weighted by Crippen LogP contribution is -2.43. The fourth-order valence-corrected chi connectivity index (χ4v) is 3.20. The van der Waals surface area contributed by atoms with Gasteiger partial charge in [-0.1, -0.05) is 11.6 Å². The lowest BCUT2D eigenvalue weighted by atomic mass is 9.98. The SMILES string of the molecule is Cc1cc(Cl)cc2c1N(C(=O)CN(C)S(C)(=O)=O)CCC2. The van der Waals surface area contributed by atoms with Crippen LogP contribution in [0.5, 0.6) is 0 Å². The highest BCUT2D eigenvalue weighted by Gasteiger charge is 2.26. The van der Waals surface area contributed by atoms with Crippen molar-refractivity contribution in [3.8, 4) is 0 Å². The van der Waals surface area contributed by atoms with Crippen LogP contribution in [0, 0.1) is 6.92 Å². The molecule has 1 aliphatic rings. The molecule has 1 aliphatic heterocycles. The van der Waals surface area contributed by atoms with Crippen molar-refractivity contribution in [2.24, 2.45) is 0 Å². The maximum atomic E-state index is 12.4. The topological polar surface area (TPSA) is 57.7 Å². The van der Waals surface area contributed by atoms with Crippen molar-refractivity contribution >= 4 is 33.2 Å². The van der Waals surface area contributed by atoms with Crippen LogP contribution in [0.3, 0.4) is 0 Å².